The number of carbonyl (C=O) groups is 11. The quantitative estimate of drug-likeness (QED) is 0.0193. The third kappa shape index (κ3) is 34.1. The largest absolute Gasteiger partial charge is 0.667 e. The Balaban J connectivity index is 0. The van der Waals surface area contributed by atoms with E-state index in [0.29, 0.717) is 28.8 Å². The van der Waals surface area contributed by atoms with E-state index in [1.54, 1.807) is 32.9 Å². The first kappa shape index (κ1) is 95.1. The minimum absolute atomic E-state index is 0. The molecule has 0 aliphatic carbocycles. The fraction of sp³-hybridized carbons (Fsp3) is 0.441. The SMILES string of the molecule is C=C(O)C[C@@H](C)NC(=O)[C@H](C)NC(=O)[C@H](CCC(=O)O)NC(=O)[C@@H]([NH-])Cc1ccc(C)cc1.CC.CC(=O)CC(C)NC(=O)[C@H](C)NC(=O)[C@H](CCC(=O)O)NC(=O)[C@@H]([NH-])Cc1ccc(O)cc1.C[C@H](CC(=O)O)NC(=O)[C@@H]1Cc2nc3cc(-c4ccccc4)[nH]c3c(=O)n2C1.[CH3-].[Y].[Y].[Y]. The molecule has 3 aromatic carbocycles. The van der Waals surface area contributed by atoms with Crippen LogP contribution in [-0.4, -0.2) is 159 Å². The fourth-order valence-electron chi connectivity index (χ4n) is 9.63. The van der Waals surface area contributed by atoms with Gasteiger partial charge in [0.05, 0.1) is 23.6 Å². The Labute approximate surface area is 657 Å². The molecule has 0 spiro atoms. The number of hydrogen-bond acceptors (Lipinski definition) is 15. The van der Waals surface area contributed by atoms with Crippen LogP contribution in [0.15, 0.2) is 102 Å². The molecule has 10 atom stereocenters. The number of rotatable bonds is 31. The number of carboxylic acid groups (broad SMARTS) is 3. The Bertz CT molecular complexity index is 3440. The molecule has 3 radical (unpaired) electrons. The number of H-pyrrole nitrogens is 1. The number of phenolic OH excluding ortho intramolecular Hbond substituents is 1. The minimum atomic E-state index is -1.28. The van der Waals surface area contributed by atoms with E-state index in [9.17, 15) is 67.7 Å². The molecule has 15 N–H and O–H groups in total. The summed E-state index contributed by atoms with van der Waals surface area (Å²) in [7, 11) is 0. The molecule has 100 heavy (non-hydrogen) atoms. The zero-order valence-corrected chi connectivity index (χ0v) is 66.6. The normalized spacial score (nSPS) is 14.2. The van der Waals surface area contributed by atoms with E-state index < -0.39 is 120 Å². The topological polar surface area (TPSA) is 471 Å². The van der Waals surface area contributed by atoms with Crippen molar-refractivity contribution in [1.82, 2.24) is 51.8 Å². The fourth-order valence-corrected chi connectivity index (χ4v) is 9.63. The van der Waals surface area contributed by atoms with Crippen molar-refractivity contribution in [2.75, 3.05) is 0 Å². The van der Waals surface area contributed by atoms with Crippen LogP contribution in [0.4, 0.5) is 0 Å². The van der Waals surface area contributed by atoms with Crippen molar-refractivity contribution in [3.05, 3.63) is 149 Å². The standard InChI is InChI=1S/C23H33N4O6.C22H31N4O7.C20H20N4O4.C2H6.CH3.3Y/c1-13-5-7-17(8-6-13)12-18(24)22(32)27-19(9-10-20(29)30)23(33)26-16(4)21(31)25-14(2)11-15(3)28;1-12(10-13(2)27)24-20(31)14(3)25-22(33)18(8-9-19(29)30)26-21(32)17(23)11-15-4-6-16(28)7-5-15;1-11(7-17(25)26)21-19(27)13-8-16-22-15-9-14(12-5-3-2-4-6-12)23-18(15)20(28)24(16)10-13;1-2;;;;/h5-8,14,16,18-19,24,28H,3,9-12H2,1-2,4H3,(H,25,31)(H,26,33)(H,27,32)(H,29,30);4-7,12,14,17-18,23,28H,8-11H2,1-3H3,(H,24,31)(H,25,33)(H,26,32)(H,29,30);2-6,9,11,13,23H,7-8,10H2,1H3,(H,21,27)(H,25,26);1-2H3;1H3;;;/q2*-1;;;-1;;;/t14-,16+,18+,19+;12?,14-,17-,18-;11-,13-;;;;;/m101...../s1. The molecule has 0 saturated carbocycles. The maximum atomic E-state index is 12.9. The zero-order valence-electron chi connectivity index (χ0n) is 58.1. The molecule has 2 aromatic heterocycles. The molecule has 0 saturated heterocycles. The number of Topliss-reactive ketones (excluding diaryl/α,β-unsaturated/α-hetero) is 1. The molecule has 539 valence electrons. The second-order valence-corrected chi connectivity index (χ2v) is 23.3. The average molecular weight is 1620 g/mol. The number of hydrogen-bond donors (Lipinski definition) is 13. The van der Waals surface area contributed by atoms with Crippen molar-refractivity contribution < 1.29 is 176 Å². The summed E-state index contributed by atoms with van der Waals surface area (Å²) in [5.41, 5.74) is 21.2. The van der Waals surface area contributed by atoms with Crippen LogP contribution >= 0.6 is 0 Å². The van der Waals surface area contributed by atoms with Gasteiger partial charge in [-0.25, -0.2) is 4.98 Å². The van der Waals surface area contributed by atoms with Gasteiger partial charge in [-0.3, -0.25) is 62.1 Å². The number of aromatic hydroxyl groups is 1. The molecule has 1 aliphatic heterocycles. The van der Waals surface area contributed by atoms with Gasteiger partial charge < -0.3 is 86.6 Å². The van der Waals surface area contributed by atoms with Gasteiger partial charge in [0, 0.05) is 161 Å². The maximum Gasteiger partial charge on any atom is 0.305 e. The third-order valence-corrected chi connectivity index (χ3v) is 14.5. The van der Waals surface area contributed by atoms with E-state index >= 15 is 0 Å². The van der Waals surface area contributed by atoms with E-state index in [2.05, 4.69) is 53.8 Å². The Morgan fingerprint density at radius 2 is 1.04 bits per heavy atom. The summed E-state index contributed by atoms with van der Waals surface area (Å²) in [4.78, 5) is 152. The number of aryl methyl sites for hydroxylation is 1. The first-order chi connectivity index (χ1) is 45.2. The number of aliphatic carboxylic acids is 3. The number of aliphatic hydroxyl groups is 1. The predicted molar refractivity (Wildman–Crippen MR) is 363 cm³/mol. The Morgan fingerprint density at radius 3 is 1.47 bits per heavy atom. The first-order valence-corrected chi connectivity index (χ1v) is 31.3. The van der Waals surface area contributed by atoms with E-state index in [-0.39, 0.29) is 192 Å². The minimum Gasteiger partial charge on any atom is -0.667 e. The van der Waals surface area contributed by atoms with Gasteiger partial charge in [-0.05, 0) is 109 Å². The number of ketones is 1. The first-order valence-electron chi connectivity index (χ1n) is 31.3. The molecule has 0 bridgehead atoms. The Hall–Kier alpha value is -6.98. The Morgan fingerprint density at radius 1 is 0.600 bits per heavy atom. The molecule has 1 unspecified atom stereocenters. The van der Waals surface area contributed by atoms with Gasteiger partial charge in [-0.15, -0.1) is 0 Å². The summed E-state index contributed by atoms with van der Waals surface area (Å²) >= 11 is 0. The summed E-state index contributed by atoms with van der Waals surface area (Å²) in [5.74, 6) is -7.58. The number of carbonyl (C=O) groups excluding carboxylic acids is 8. The van der Waals surface area contributed by atoms with Crippen molar-refractivity contribution in [3.63, 3.8) is 0 Å². The molecule has 1 aliphatic rings. The van der Waals surface area contributed by atoms with Crippen molar-refractivity contribution >= 4 is 76.1 Å². The van der Waals surface area contributed by atoms with Crippen molar-refractivity contribution in [2.24, 2.45) is 5.92 Å². The van der Waals surface area contributed by atoms with Crippen molar-refractivity contribution in [1.29, 1.82) is 0 Å². The molecule has 6 rings (SSSR count). The van der Waals surface area contributed by atoms with Gasteiger partial charge in [-0.1, -0.05) is 105 Å². The van der Waals surface area contributed by atoms with Crippen LogP contribution in [0, 0.1) is 20.3 Å². The summed E-state index contributed by atoms with van der Waals surface area (Å²) in [6.07, 6.45) is -0.571. The van der Waals surface area contributed by atoms with Gasteiger partial charge in [0.2, 0.25) is 41.4 Å². The van der Waals surface area contributed by atoms with Gasteiger partial charge >= 0.3 is 17.9 Å². The smallest absolute Gasteiger partial charge is 0.305 e. The number of phenols is 1. The number of carboxylic acids is 3. The molecular formula is C68H93N12O17Y3-3. The van der Waals surface area contributed by atoms with Crippen LogP contribution in [0.25, 0.3) is 33.8 Å². The van der Waals surface area contributed by atoms with Crippen LogP contribution in [0.5, 0.6) is 5.75 Å². The molecule has 3 heterocycles. The predicted octanol–water partition coefficient (Wildman–Crippen LogP) is 5.49. The Kier molecular flexibility index (Phi) is 45.6. The molecular weight excluding hydrogens is 1520 g/mol. The van der Waals surface area contributed by atoms with Crippen LogP contribution in [-0.2, 0) is 177 Å². The number of aromatic nitrogens is 3. The van der Waals surface area contributed by atoms with E-state index in [1.165, 1.54) is 37.5 Å². The van der Waals surface area contributed by atoms with Gasteiger partial charge in [-0.2, -0.15) is 0 Å². The molecule has 29 nitrogen and oxygen atoms in total. The third-order valence-electron chi connectivity index (χ3n) is 14.5. The molecule has 32 heteroatoms. The summed E-state index contributed by atoms with van der Waals surface area (Å²) < 4.78 is 1.53. The molecule has 0 fully saturated rings. The number of fused-ring (bicyclic) bond motifs is 2. The average Bonchev–Trinajstić information content (AvgIpc) is 1.61. The number of nitrogens with zero attached hydrogens (tertiary/aromatic N) is 2. The van der Waals surface area contributed by atoms with Gasteiger partial charge in [0.25, 0.3) is 5.56 Å². The second-order valence-electron chi connectivity index (χ2n) is 23.3. The molecule has 7 amide bonds. The van der Waals surface area contributed by atoms with Crippen LogP contribution in [0.2, 0.25) is 0 Å². The van der Waals surface area contributed by atoms with Gasteiger partial charge in [0.1, 0.15) is 47.0 Å². The zero-order chi connectivity index (χ0) is 72.1. The second kappa shape index (κ2) is 48.0. The number of aromatic amines is 1. The van der Waals surface area contributed by atoms with Crippen molar-refractivity contribution in [2.45, 2.75) is 187 Å². The summed E-state index contributed by atoms with van der Waals surface area (Å²) in [5, 5.41) is 62.9. The van der Waals surface area contributed by atoms with Crippen LogP contribution < -0.4 is 42.8 Å². The summed E-state index contributed by atoms with van der Waals surface area (Å²) in [6.45, 7) is 18.7. The van der Waals surface area contributed by atoms with Crippen LogP contribution in [0.1, 0.15) is 123 Å². The number of benzene rings is 3. The van der Waals surface area contributed by atoms with E-state index in [4.69, 9.17) is 26.8 Å². The van der Waals surface area contributed by atoms with E-state index in [0.717, 1.165) is 22.4 Å². The summed E-state index contributed by atoms with van der Waals surface area (Å²) in [6, 6.07) is 16.6. The number of aliphatic hydroxyl groups excluding tert-OH is 1. The number of amides is 7. The van der Waals surface area contributed by atoms with Crippen molar-refractivity contribution in [3.8, 4) is 17.0 Å². The monoisotopic (exact) mass is 1620 g/mol. The van der Waals surface area contributed by atoms with Gasteiger partial charge in [0.15, 0.2) is 0 Å². The van der Waals surface area contributed by atoms with Crippen LogP contribution in [0.3, 0.4) is 0 Å². The maximum absolute atomic E-state index is 12.9. The van der Waals surface area contributed by atoms with E-state index in [1.807, 2.05) is 81.4 Å². The number of nitrogens with one attached hydrogen (secondary N) is 10. The molecule has 5 aromatic rings.